The zero-order chi connectivity index (χ0) is 22.0. The van der Waals surface area contributed by atoms with Gasteiger partial charge in [-0.2, -0.15) is 4.98 Å². The first kappa shape index (κ1) is 21.1. The molecule has 0 amide bonds. The number of anilines is 1. The Bertz CT molecular complexity index is 1320. The third kappa shape index (κ3) is 4.47. The number of oxazole rings is 1. The van der Waals surface area contributed by atoms with Crippen LogP contribution in [0.15, 0.2) is 87.1 Å². The molecule has 0 aliphatic rings. The van der Waals surface area contributed by atoms with Gasteiger partial charge >= 0.3 is 0 Å². The third-order valence-corrected chi connectivity index (χ3v) is 6.66. The summed E-state index contributed by atoms with van der Waals surface area (Å²) in [7, 11) is -3.97. The number of aromatic nitrogens is 1. The fourth-order valence-corrected chi connectivity index (χ4v) is 4.46. The van der Waals surface area contributed by atoms with E-state index in [1.807, 2.05) is 6.92 Å². The average Bonchev–Trinajstić information content (AvgIpc) is 3.19. The molecule has 1 heterocycles. The number of hydrogen-bond donors (Lipinski definition) is 1. The lowest BCUT2D eigenvalue weighted by Crippen LogP contribution is -2.07. The number of halogens is 2. The van der Waals surface area contributed by atoms with Crippen molar-refractivity contribution in [3.05, 3.63) is 94.8 Å². The summed E-state index contributed by atoms with van der Waals surface area (Å²) in [6.45, 7) is 2.09. The van der Waals surface area contributed by atoms with Crippen LogP contribution in [0.2, 0.25) is 5.02 Å². The Balaban J connectivity index is 1.77. The molecule has 0 atom stereocenters. The molecular formula is C23H18ClFN2O3S. The zero-order valence-corrected chi connectivity index (χ0v) is 18.0. The summed E-state index contributed by atoms with van der Waals surface area (Å²) in [6.07, 6.45) is 0. The second kappa shape index (κ2) is 8.53. The Labute approximate surface area is 184 Å². The monoisotopic (exact) mass is 456 g/mol. The van der Waals surface area contributed by atoms with Crippen molar-refractivity contribution >= 4 is 27.3 Å². The highest BCUT2D eigenvalue weighted by atomic mass is 35.5. The second-order valence-electron chi connectivity index (χ2n) is 6.93. The third-order valence-electron chi connectivity index (χ3n) is 4.65. The highest BCUT2D eigenvalue weighted by Gasteiger charge is 2.29. The Morgan fingerprint density at radius 1 is 1.00 bits per heavy atom. The summed E-state index contributed by atoms with van der Waals surface area (Å²) in [5.74, 6) is -0.287. The van der Waals surface area contributed by atoms with Gasteiger partial charge < -0.3 is 9.73 Å². The quantitative estimate of drug-likeness (QED) is 0.392. The van der Waals surface area contributed by atoms with E-state index < -0.39 is 9.84 Å². The molecule has 0 fully saturated rings. The van der Waals surface area contributed by atoms with Crippen molar-refractivity contribution in [2.45, 2.75) is 23.4 Å². The predicted molar refractivity (Wildman–Crippen MR) is 117 cm³/mol. The van der Waals surface area contributed by atoms with Gasteiger partial charge in [0.2, 0.25) is 26.6 Å². The molecular weight excluding hydrogens is 439 g/mol. The van der Waals surface area contributed by atoms with Crippen molar-refractivity contribution in [1.29, 1.82) is 0 Å². The molecule has 0 radical (unpaired) electrons. The van der Waals surface area contributed by atoms with Gasteiger partial charge in [-0.25, -0.2) is 12.8 Å². The Morgan fingerprint density at radius 3 is 2.35 bits per heavy atom. The first-order chi connectivity index (χ1) is 14.8. The molecule has 0 unspecified atom stereocenters. The first-order valence-electron chi connectivity index (χ1n) is 9.40. The Hall–Kier alpha value is -3.16. The van der Waals surface area contributed by atoms with Gasteiger partial charge in [0, 0.05) is 6.54 Å². The molecule has 31 heavy (non-hydrogen) atoms. The average molecular weight is 457 g/mol. The standard InChI is InChI=1S/C23H18ClFN2O3S/c1-15-6-12-18(13-7-15)31(28,29)23-22(26-14-16-8-10-17(25)11-9-16)30-21(27-23)19-4-2-3-5-20(19)24/h2-13,26H,14H2,1H3. The van der Waals surface area contributed by atoms with Crippen LogP contribution < -0.4 is 5.32 Å². The Kier molecular flexibility index (Phi) is 5.80. The lowest BCUT2D eigenvalue weighted by atomic mass is 10.2. The first-order valence-corrected chi connectivity index (χ1v) is 11.3. The maximum Gasteiger partial charge on any atom is 0.234 e. The molecule has 1 N–H and O–H groups in total. The van der Waals surface area contributed by atoms with E-state index >= 15 is 0 Å². The summed E-state index contributed by atoms with van der Waals surface area (Å²) < 4.78 is 45.6. The number of aryl methyl sites for hydroxylation is 1. The number of nitrogens with zero attached hydrogens (tertiary/aromatic N) is 1. The predicted octanol–water partition coefficient (Wildman–Crippen LogP) is 5.89. The smallest absolute Gasteiger partial charge is 0.234 e. The van der Waals surface area contributed by atoms with E-state index in [0.29, 0.717) is 10.6 Å². The lowest BCUT2D eigenvalue weighted by Gasteiger charge is -2.07. The topological polar surface area (TPSA) is 72.2 Å². The van der Waals surface area contributed by atoms with Crippen LogP contribution in [0.5, 0.6) is 0 Å². The molecule has 3 aromatic carbocycles. The van der Waals surface area contributed by atoms with Crippen molar-refractivity contribution in [2.24, 2.45) is 0 Å². The maximum absolute atomic E-state index is 13.3. The summed E-state index contributed by atoms with van der Waals surface area (Å²) in [6, 6.07) is 19.2. The number of hydrogen-bond acceptors (Lipinski definition) is 5. The highest BCUT2D eigenvalue weighted by molar-refractivity contribution is 7.91. The van der Waals surface area contributed by atoms with Crippen molar-refractivity contribution < 1.29 is 17.2 Å². The minimum absolute atomic E-state index is 0.0141. The van der Waals surface area contributed by atoms with Gasteiger partial charge in [0.15, 0.2) is 0 Å². The van der Waals surface area contributed by atoms with E-state index in [-0.39, 0.29) is 34.1 Å². The fraction of sp³-hybridized carbons (Fsp3) is 0.0870. The minimum Gasteiger partial charge on any atom is -0.419 e. The van der Waals surface area contributed by atoms with Crippen LogP contribution in [0.25, 0.3) is 11.5 Å². The molecule has 0 saturated carbocycles. The summed E-state index contributed by atoms with van der Waals surface area (Å²) in [5.41, 5.74) is 2.15. The number of rotatable bonds is 6. The summed E-state index contributed by atoms with van der Waals surface area (Å²) >= 11 is 6.25. The molecule has 4 aromatic rings. The van der Waals surface area contributed by atoms with E-state index in [2.05, 4.69) is 10.3 Å². The fourth-order valence-electron chi connectivity index (χ4n) is 2.96. The highest BCUT2D eigenvalue weighted by Crippen LogP contribution is 2.35. The minimum atomic E-state index is -3.97. The molecule has 0 saturated heterocycles. The molecule has 0 bridgehead atoms. The molecule has 1 aromatic heterocycles. The van der Waals surface area contributed by atoms with Crippen molar-refractivity contribution in [3.63, 3.8) is 0 Å². The summed E-state index contributed by atoms with van der Waals surface area (Å²) in [4.78, 5) is 4.38. The van der Waals surface area contributed by atoms with Crippen LogP contribution >= 0.6 is 11.6 Å². The molecule has 5 nitrogen and oxygen atoms in total. The van der Waals surface area contributed by atoms with Crippen LogP contribution in [0, 0.1) is 12.7 Å². The van der Waals surface area contributed by atoms with Gasteiger partial charge in [0.05, 0.1) is 15.5 Å². The van der Waals surface area contributed by atoms with Gasteiger partial charge in [0.25, 0.3) is 0 Å². The van der Waals surface area contributed by atoms with Gasteiger partial charge in [-0.15, -0.1) is 0 Å². The van der Waals surface area contributed by atoms with Crippen molar-refractivity contribution in [1.82, 2.24) is 4.98 Å². The van der Waals surface area contributed by atoms with Gasteiger partial charge in [0.1, 0.15) is 5.82 Å². The van der Waals surface area contributed by atoms with Crippen molar-refractivity contribution in [3.8, 4) is 11.5 Å². The number of nitrogens with one attached hydrogen (secondary N) is 1. The maximum atomic E-state index is 13.3. The van der Waals surface area contributed by atoms with E-state index in [1.165, 1.54) is 24.3 Å². The van der Waals surface area contributed by atoms with E-state index in [9.17, 15) is 12.8 Å². The SMILES string of the molecule is Cc1ccc(S(=O)(=O)c2nc(-c3ccccc3Cl)oc2NCc2ccc(F)cc2)cc1. The molecule has 0 aliphatic heterocycles. The van der Waals surface area contributed by atoms with E-state index in [1.54, 1.807) is 48.5 Å². The van der Waals surface area contributed by atoms with E-state index in [4.69, 9.17) is 16.0 Å². The number of benzene rings is 3. The normalized spacial score (nSPS) is 11.5. The molecule has 0 spiro atoms. The number of sulfone groups is 1. The van der Waals surface area contributed by atoms with E-state index in [0.717, 1.165) is 11.1 Å². The van der Waals surface area contributed by atoms with Crippen LogP contribution in [0.4, 0.5) is 10.3 Å². The van der Waals surface area contributed by atoms with Gasteiger partial charge in [-0.1, -0.05) is 53.6 Å². The zero-order valence-electron chi connectivity index (χ0n) is 16.5. The summed E-state index contributed by atoms with van der Waals surface area (Å²) in [5, 5.41) is 3.11. The molecule has 0 aliphatic carbocycles. The van der Waals surface area contributed by atoms with Crippen LogP contribution in [0.3, 0.4) is 0 Å². The van der Waals surface area contributed by atoms with Gasteiger partial charge in [-0.05, 0) is 48.9 Å². The molecule has 4 rings (SSSR count). The second-order valence-corrected chi connectivity index (χ2v) is 9.20. The van der Waals surface area contributed by atoms with Crippen molar-refractivity contribution in [2.75, 3.05) is 5.32 Å². The van der Waals surface area contributed by atoms with Crippen LogP contribution in [-0.2, 0) is 16.4 Å². The van der Waals surface area contributed by atoms with Crippen LogP contribution in [-0.4, -0.2) is 13.4 Å². The van der Waals surface area contributed by atoms with Gasteiger partial charge in [-0.3, -0.25) is 0 Å². The molecule has 158 valence electrons. The largest absolute Gasteiger partial charge is 0.419 e. The lowest BCUT2D eigenvalue weighted by molar-refractivity contribution is 0.576. The molecule has 8 heteroatoms. The Morgan fingerprint density at radius 2 is 1.68 bits per heavy atom. The van der Waals surface area contributed by atoms with Crippen LogP contribution in [0.1, 0.15) is 11.1 Å².